The van der Waals surface area contributed by atoms with E-state index in [0.717, 1.165) is 13.1 Å². The molecule has 1 aliphatic rings. The number of rotatable bonds is 6. The molecule has 8 nitrogen and oxygen atoms in total. The average Bonchev–Trinajstić information content (AvgIpc) is 3.20. The molecule has 0 radical (unpaired) electrons. The fourth-order valence-corrected chi connectivity index (χ4v) is 2.38. The van der Waals surface area contributed by atoms with Crippen LogP contribution >= 0.6 is 0 Å². The molecule has 2 aromatic rings. The zero-order chi connectivity index (χ0) is 14.5. The fraction of sp³-hybridized carbons (Fsp3) is 0.538. The summed E-state index contributed by atoms with van der Waals surface area (Å²) in [5, 5.41) is 10.4. The summed E-state index contributed by atoms with van der Waals surface area (Å²) in [5.41, 5.74) is 0. The van der Waals surface area contributed by atoms with Gasteiger partial charge in [-0.15, -0.1) is 0 Å². The second kappa shape index (κ2) is 6.49. The Morgan fingerprint density at radius 3 is 2.67 bits per heavy atom. The van der Waals surface area contributed by atoms with E-state index < -0.39 is 0 Å². The SMILES string of the molecule is CNc1nc(NCCN2CCCC2)nc(-n2cccn2)n1. The zero-order valence-corrected chi connectivity index (χ0v) is 12.2. The molecule has 0 atom stereocenters. The molecular formula is C13H20N8. The Morgan fingerprint density at radius 2 is 1.95 bits per heavy atom. The van der Waals surface area contributed by atoms with Crippen LogP contribution in [0.1, 0.15) is 12.8 Å². The normalized spacial score (nSPS) is 15.3. The highest BCUT2D eigenvalue weighted by atomic mass is 15.4. The monoisotopic (exact) mass is 288 g/mol. The van der Waals surface area contributed by atoms with E-state index in [9.17, 15) is 0 Å². The van der Waals surface area contributed by atoms with E-state index >= 15 is 0 Å². The molecule has 3 heterocycles. The van der Waals surface area contributed by atoms with Gasteiger partial charge in [0.05, 0.1) is 0 Å². The zero-order valence-electron chi connectivity index (χ0n) is 12.2. The molecule has 3 rings (SSSR count). The van der Waals surface area contributed by atoms with Gasteiger partial charge in [0, 0.05) is 32.5 Å². The summed E-state index contributed by atoms with van der Waals surface area (Å²) in [7, 11) is 1.79. The predicted octanol–water partition coefficient (Wildman–Crippen LogP) is 0.607. The van der Waals surface area contributed by atoms with Crippen LogP contribution in [0.5, 0.6) is 0 Å². The van der Waals surface area contributed by atoms with Gasteiger partial charge < -0.3 is 15.5 Å². The summed E-state index contributed by atoms with van der Waals surface area (Å²) >= 11 is 0. The first-order valence-corrected chi connectivity index (χ1v) is 7.25. The summed E-state index contributed by atoms with van der Waals surface area (Å²) < 4.78 is 1.62. The van der Waals surface area contributed by atoms with E-state index in [2.05, 4.69) is 35.6 Å². The minimum Gasteiger partial charge on any atom is -0.357 e. The van der Waals surface area contributed by atoms with Crippen molar-refractivity contribution in [3.63, 3.8) is 0 Å². The number of nitrogens with one attached hydrogen (secondary N) is 2. The average molecular weight is 288 g/mol. The first kappa shape index (κ1) is 13.7. The Bertz CT molecular complexity index is 562. The van der Waals surface area contributed by atoms with E-state index in [1.165, 1.54) is 25.9 Å². The lowest BCUT2D eigenvalue weighted by atomic mass is 10.4. The molecule has 0 amide bonds. The standard InChI is InChI=1S/C13H20N8/c1-14-11-17-12(15-6-10-20-7-2-3-8-20)19-13(18-11)21-9-4-5-16-21/h4-5,9H,2-3,6-8,10H2,1H3,(H2,14,15,17,18,19). The van der Waals surface area contributed by atoms with Crippen molar-refractivity contribution < 1.29 is 0 Å². The first-order chi connectivity index (χ1) is 10.3. The number of anilines is 2. The van der Waals surface area contributed by atoms with Crippen LogP contribution in [0.25, 0.3) is 5.95 Å². The van der Waals surface area contributed by atoms with Crippen LogP contribution in [0, 0.1) is 0 Å². The third-order valence-corrected chi connectivity index (χ3v) is 3.47. The molecule has 0 saturated carbocycles. The summed E-state index contributed by atoms with van der Waals surface area (Å²) in [6.07, 6.45) is 6.12. The number of aromatic nitrogens is 5. The Morgan fingerprint density at radius 1 is 1.14 bits per heavy atom. The lowest BCUT2D eigenvalue weighted by Crippen LogP contribution is -2.26. The molecule has 1 saturated heterocycles. The van der Waals surface area contributed by atoms with Gasteiger partial charge in [-0.25, -0.2) is 4.68 Å². The molecule has 1 aliphatic heterocycles. The Balaban J connectivity index is 1.67. The minimum atomic E-state index is 0.503. The van der Waals surface area contributed by atoms with Crippen molar-refractivity contribution in [2.45, 2.75) is 12.8 Å². The van der Waals surface area contributed by atoms with Gasteiger partial charge in [-0.1, -0.05) is 0 Å². The lowest BCUT2D eigenvalue weighted by molar-refractivity contribution is 0.352. The van der Waals surface area contributed by atoms with Crippen LogP contribution in [-0.4, -0.2) is 62.9 Å². The number of nitrogens with zero attached hydrogens (tertiary/aromatic N) is 6. The van der Waals surface area contributed by atoms with Gasteiger partial charge in [-0.2, -0.15) is 20.1 Å². The van der Waals surface area contributed by atoms with Gasteiger partial charge in [-0.05, 0) is 32.0 Å². The van der Waals surface area contributed by atoms with Crippen molar-refractivity contribution in [2.24, 2.45) is 0 Å². The van der Waals surface area contributed by atoms with E-state index in [-0.39, 0.29) is 0 Å². The minimum absolute atomic E-state index is 0.503. The maximum absolute atomic E-state index is 4.40. The van der Waals surface area contributed by atoms with Crippen molar-refractivity contribution in [2.75, 3.05) is 43.9 Å². The lowest BCUT2D eigenvalue weighted by Gasteiger charge is -2.15. The molecule has 0 bridgehead atoms. The van der Waals surface area contributed by atoms with Crippen molar-refractivity contribution in [3.8, 4) is 5.95 Å². The maximum Gasteiger partial charge on any atom is 0.257 e. The van der Waals surface area contributed by atoms with E-state index in [1.54, 1.807) is 17.9 Å². The highest BCUT2D eigenvalue weighted by Gasteiger charge is 2.11. The van der Waals surface area contributed by atoms with Crippen molar-refractivity contribution >= 4 is 11.9 Å². The third-order valence-electron chi connectivity index (χ3n) is 3.47. The quantitative estimate of drug-likeness (QED) is 0.805. The van der Waals surface area contributed by atoms with Crippen molar-refractivity contribution in [1.29, 1.82) is 0 Å². The largest absolute Gasteiger partial charge is 0.357 e. The topological polar surface area (TPSA) is 83.8 Å². The Kier molecular flexibility index (Phi) is 4.25. The van der Waals surface area contributed by atoms with Gasteiger partial charge in [0.15, 0.2) is 0 Å². The second-order valence-corrected chi connectivity index (χ2v) is 4.96. The van der Waals surface area contributed by atoms with Crippen LogP contribution in [0.4, 0.5) is 11.9 Å². The smallest absolute Gasteiger partial charge is 0.257 e. The number of likely N-dealkylation sites (tertiary alicyclic amines) is 1. The highest BCUT2D eigenvalue weighted by Crippen LogP contribution is 2.09. The Labute approximate surface area is 123 Å². The molecule has 0 aliphatic carbocycles. The van der Waals surface area contributed by atoms with Crippen LogP contribution in [0.3, 0.4) is 0 Å². The molecule has 0 spiro atoms. The molecule has 1 fully saturated rings. The molecule has 112 valence electrons. The van der Waals surface area contributed by atoms with Gasteiger partial charge in [-0.3, -0.25) is 0 Å². The molecule has 21 heavy (non-hydrogen) atoms. The fourth-order valence-electron chi connectivity index (χ4n) is 2.38. The predicted molar refractivity (Wildman–Crippen MR) is 80.7 cm³/mol. The van der Waals surface area contributed by atoms with Gasteiger partial charge in [0.25, 0.3) is 5.95 Å². The summed E-state index contributed by atoms with van der Waals surface area (Å²) in [6.45, 7) is 4.22. The summed E-state index contributed by atoms with van der Waals surface area (Å²) in [6, 6.07) is 1.84. The molecule has 0 aromatic carbocycles. The van der Waals surface area contributed by atoms with Crippen molar-refractivity contribution in [1.82, 2.24) is 29.6 Å². The molecule has 0 unspecified atom stereocenters. The summed E-state index contributed by atoms with van der Waals surface area (Å²) in [5.74, 6) is 1.60. The maximum atomic E-state index is 4.40. The van der Waals surface area contributed by atoms with E-state index in [1.807, 2.05) is 12.3 Å². The van der Waals surface area contributed by atoms with Crippen LogP contribution in [0.15, 0.2) is 18.5 Å². The van der Waals surface area contributed by atoms with Gasteiger partial charge in [0.1, 0.15) is 0 Å². The van der Waals surface area contributed by atoms with Crippen LogP contribution in [-0.2, 0) is 0 Å². The van der Waals surface area contributed by atoms with E-state index in [4.69, 9.17) is 0 Å². The number of hydrogen-bond donors (Lipinski definition) is 2. The molecular weight excluding hydrogens is 268 g/mol. The molecule has 2 aromatic heterocycles. The Hall–Kier alpha value is -2.22. The first-order valence-electron chi connectivity index (χ1n) is 7.25. The molecule has 2 N–H and O–H groups in total. The van der Waals surface area contributed by atoms with Gasteiger partial charge >= 0.3 is 0 Å². The number of hydrogen-bond acceptors (Lipinski definition) is 7. The summed E-state index contributed by atoms with van der Waals surface area (Å²) in [4.78, 5) is 15.5. The van der Waals surface area contributed by atoms with Crippen molar-refractivity contribution in [3.05, 3.63) is 18.5 Å². The second-order valence-electron chi connectivity index (χ2n) is 4.96. The van der Waals surface area contributed by atoms with Gasteiger partial charge in [0.2, 0.25) is 11.9 Å². The molecule has 8 heteroatoms. The van der Waals surface area contributed by atoms with Crippen LogP contribution in [0.2, 0.25) is 0 Å². The van der Waals surface area contributed by atoms with Crippen LogP contribution < -0.4 is 10.6 Å². The third kappa shape index (κ3) is 3.46. The van der Waals surface area contributed by atoms with E-state index in [0.29, 0.717) is 17.8 Å². The highest BCUT2D eigenvalue weighted by molar-refractivity contribution is 5.37.